The largest absolute Gasteiger partial charge is 0.354 e. The number of rotatable bonds is 12. The highest BCUT2D eigenvalue weighted by molar-refractivity contribution is 7.92. The molecule has 0 aliphatic heterocycles. The van der Waals surface area contributed by atoms with Crippen molar-refractivity contribution >= 4 is 39.1 Å². The van der Waals surface area contributed by atoms with Gasteiger partial charge in [-0.3, -0.25) is 13.9 Å². The van der Waals surface area contributed by atoms with Gasteiger partial charge in [0.1, 0.15) is 12.6 Å². The van der Waals surface area contributed by atoms with Crippen molar-refractivity contribution in [1.82, 2.24) is 10.2 Å². The number of nitrogens with zero attached hydrogens (tertiary/aromatic N) is 2. The number of unbranched alkanes of at least 4 members (excludes halogenated alkanes) is 1. The molecule has 1 atom stereocenters. The normalized spacial score (nSPS) is 12.1. The van der Waals surface area contributed by atoms with Gasteiger partial charge < -0.3 is 10.2 Å². The quantitative estimate of drug-likeness (QED) is 0.273. The molecule has 9 heteroatoms. The smallest absolute Gasteiger partial charge is 0.264 e. The lowest BCUT2D eigenvalue weighted by atomic mass is 10.1. The molecule has 0 fully saturated rings. The van der Waals surface area contributed by atoms with Crippen LogP contribution in [0.3, 0.4) is 0 Å². The monoisotopic (exact) mass is 583 g/mol. The average Bonchev–Trinajstić information content (AvgIpc) is 2.91. The molecule has 3 aromatic rings. The van der Waals surface area contributed by atoms with Crippen LogP contribution in [-0.4, -0.2) is 44.3 Å². The van der Waals surface area contributed by atoms with Gasteiger partial charge in [0.15, 0.2) is 0 Å². The molecule has 214 valence electrons. The molecule has 3 rings (SSSR count). The Labute approximate surface area is 243 Å². The predicted octanol–water partition coefficient (Wildman–Crippen LogP) is 5.79. The maximum atomic E-state index is 14.0. The molecule has 0 spiro atoms. The lowest BCUT2D eigenvalue weighted by Crippen LogP contribution is -2.51. The van der Waals surface area contributed by atoms with Crippen molar-refractivity contribution in [1.29, 1.82) is 0 Å². The number of amides is 2. The van der Waals surface area contributed by atoms with Crippen molar-refractivity contribution in [3.05, 3.63) is 94.0 Å². The molecule has 0 bridgehead atoms. The zero-order valence-electron chi connectivity index (χ0n) is 23.8. The highest BCUT2D eigenvalue weighted by Crippen LogP contribution is 2.29. The third-order valence-electron chi connectivity index (χ3n) is 6.91. The summed E-state index contributed by atoms with van der Waals surface area (Å²) in [6.07, 6.45) is 1.75. The number of aryl methyl sites for hydroxylation is 3. The Morgan fingerprint density at radius 2 is 1.62 bits per heavy atom. The minimum atomic E-state index is -4.14. The number of sulfonamides is 1. The highest BCUT2D eigenvalue weighted by atomic mass is 35.5. The molecular formula is C31H38ClN3O4S. The number of carbonyl (C=O) groups is 2. The van der Waals surface area contributed by atoms with Crippen LogP contribution in [0, 0.1) is 20.8 Å². The Morgan fingerprint density at radius 3 is 2.25 bits per heavy atom. The van der Waals surface area contributed by atoms with Gasteiger partial charge in [-0.25, -0.2) is 8.42 Å². The first-order valence-corrected chi connectivity index (χ1v) is 15.2. The Morgan fingerprint density at radius 1 is 0.950 bits per heavy atom. The third-order valence-corrected chi connectivity index (χ3v) is 8.92. The number of benzene rings is 3. The van der Waals surface area contributed by atoms with Gasteiger partial charge in [0.25, 0.3) is 10.0 Å². The summed E-state index contributed by atoms with van der Waals surface area (Å²) in [5.74, 6) is -0.780. The van der Waals surface area contributed by atoms with Crippen LogP contribution < -0.4 is 9.62 Å². The maximum Gasteiger partial charge on any atom is 0.264 e. The minimum absolute atomic E-state index is 0.0658. The molecule has 3 aromatic carbocycles. The van der Waals surface area contributed by atoms with Crippen LogP contribution in [0.25, 0.3) is 0 Å². The fraction of sp³-hybridized carbons (Fsp3) is 0.355. The van der Waals surface area contributed by atoms with Crippen molar-refractivity contribution < 1.29 is 18.0 Å². The summed E-state index contributed by atoms with van der Waals surface area (Å²) in [5, 5.41) is 3.36. The van der Waals surface area contributed by atoms with E-state index in [-0.39, 0.29) is 17.3 Å². The zero-order valence-corrected chi connectivity index (χ0v) is 25.3. The van der Waals surface area contributed by atoms with Crippen LogP contribution >= 0.6 is 11.6 Å². The van der Waals surface area contributed by atoms with E-state index >= 15 is 0 Å². The first-order chi connectivity index (χ1) is 18.9. The molecule has 1 N–H and O–H groups in total. The van der Waals surface area contributed by atoms with Gasteiger partial charge in [-0.1, -0.05) is 66.9 Å². The van der Waals surface area contributed by atoms with Crippen LogP contribution in [0.2, 0.25) is 5.02 Å². The third kappa shape index (κ3) is 7.64. The van der Waals surface area contributed by atoms with Gasteiger partial charge in [0.05, 0.1) is 10.6 Å². The van der Waals surface area contributed by atoms with Gasteiger partial charge in [-0.05, 0) is 81.1 Å². The second-order valence-corrected chi connectivity index (χ2v) is 12.3. The van der Waals surface area contributed by atoms with E-state index in [1.54, 1.807) is 44.2 Å². The van der Waals surface area contributed by atoms with E-state index < -0.39 is 28.5 Å². The molecule has 7 nitrogen and oxygen atoms in total. The Bertz CT molecular complexity index is 1440. The van der Waals surface area contributed by atoms with E-state index in [1.165, 1.54) is 17.0 Å². The first kappa shape index (κ1) is 31.2. The fourth-order valence-electron chi connectivity index (χ4n) is 4.34. The number of halogens is 1. The summed E-state index contributed by atoms with van der Waals surface area (Å²) in [6.45, 7) is 9.44. The van der Waals surface area contributed by atoms with E-state index in [4.69, 9.17) is 11.6 Å². The van der Waals surface area contributed by atoms with E-state index in [0.29, 0.717) is 22.8 Å². The van der Waals surface area contributed by atoms with Crippen LogP contribution in [-0.2, 0) is 26.2 Å². The van der Waals surface area contributed by atoms with Gasteiger partial charge in [0.2, 0.25) is 11.8 Å². The lowest BCUT2D eigenvalue weighted by molar-refractivity contribution is -0.139. The zero-order chi connectivity index (χ0) is 29.4. The Balaban J connectivity index is 2.04. The summed E-state index contributed by atoms with van der Waals surface area (Å²) in [7, 11) is -4.14. The molecule has 40 heavy (non-hydrogen) atoms. The molecule has 2 amide bonds. The molecule has 0 saturated carbocycles. The number of hydrogen-bond donors (Lipinski definition) is 1. The van der Waals surface area contributed by atoms with Crippen LogP contribution in [0.15, 0.2) is 71.6 Å². The second kappa shape index (κ2) is 13.8. The van der Waals surface area contributed by atoms with Crippen LogP contribution in [0.4, 0.5) is 5.69 Å². The average molecular weight is 584 g/mol. The number of carbonyl (C=O) groups excluding carboxylic acids is 2. The number of anilines is 1. The van der Waals surface area contributed by atoms with Gasteiger partial charge in [-0.2, -0.15) is 0 Å². The maximum absolute atomic E-state index is 14.0. The summed E-state index contributed by atoms with van der Waals surface area (Å²) < 4.78 is 29.1. The van der Waals surface area contributed by atoms with Crippen molar-refractivity contribution in [2.45, 2.75) is 64.9 Å². The lowest BCUT2D eigenvalue weighted by Gasteiger charge is -2.32. The summed E-state index contributed by atoms with van der Waals surface area (Å²) in [6, 6.07) is 18.2. The standard InChI is InChI=1S/C31H38ClN3O4S/c1-6-7-18-33-31(37)25(5)34(20-26-11-9-8-10-23(26)3)30(36)21-35(29-17-14-27(32)19-24(29)4)40(38,39)28-15-12-22(2)13-16-28/h8-17,19,25H,6-7,18,20-21H2,1-5H3,(H,33,37). The van der Waals surface area contributed by atoms with Crippen LogP contribution in [0.1, 0.15) is 48.9 Å². The molecule has 0 aliphatic rings. The van der Waals surface area contributed by atoms with Crippen molar-refractivity contribution in [3.63, 3.8) is 0 Å². The molecule has 0 radical (unpaired) electrons. The predicted molar refractivity (Wildman–Crippen MR) is 161 cm³/mol. The van der Waals surface area contributed by atoms with Crippen molar-refractivity contribution in [3.8, 4) is 0 Å². The minimum Gasteiger partial charge on any atom is -0.354 e. The van der Waals surface area contributed by atoms with Gasteiger partial charge in [-0.15, -0.1) is 0 Å². The molecule has 1 unspecified atom stereocenters. The van der Waals surface area contributed by atoms with Gasteiger partial charge >= 0.3 is 0 Å². The first-order valence-electron chi connectivity index (χ1n) is 13.4. The molecular weight excluding hydrogens is 546 g/mol. The van der Waals surface area contributed by atoms with Crippen molar-refractivity contribution in [2.75, 3.05) is 17.4 Å². The van der Waals surface area contributed by atoms with Crippen LogP contribution in [0.5, 0.6) is 0 Å². The summed E-state index contributed by atoms with van der Waals surface area (Å²) in [5.41, 5.74) is 3.70. The topological polar surface area (TPSA) is 86.8 Å². The molecule has 0 aliphatic carbocycles. The Hall–Kier alpha value is -3.36. The second-order valence-electron chi connectivity index (χ2n) is 10.0. The fourth-order valence-corrected chi connectivity index (χ4v) is 6.04. The summed E-state index contributed by atoms with van der Waals surface area (Å²) >= 11 is 6.17. The number of hydrogen-bond acceptors (Lipinski definition) is 4. The van der Waals surface area contributed by atoms with E-state index in [9.17, 15) is 18.0 Å². The molecule has 0 saturated heterocycles. The summed E-state index contributed by atoms with van der Waals surface area (Å²) in [4.78, 5) is 28.6. The van der Waals surface area contributed by atoms with E-state index in [0.717, 1.165) is 33.8 Å². The number of nitrogens with one attached hydrogen (secondary N) is 1. The SMILES string of the molecule is CCCCNC(=O)C(C)N(Cc1ccccc1C)C(=O)CN(c1ccc(Cl)cc1C)S(=O)(=O)c1ccc(C)cc1. The highest BCUT2D eigenvalue weighted by Gasteiger charge is 2.33. The molecule has 0 heterocycles. The van der Waals surface area contributed by atoms with E-state index in [2.05, 4.69) is 5.32 Å². The Kier molecular flexibility index (Phi) is 10.8. The van der Waals surface area contributed by atoms with Crippen molar-refractivity contribution in [2.24, 2.45) is 0 Å². The molecule has 0 aromatic heterocycles. The van der Waals surface area contributed by atoms with Gasteiger partial charge in [0, 0.05) is 18.1 Å². The van der Waals surface area contributed by atoms with E-state index in [1.807, 2.05) is 45.0 Å².